The van der Waals surface area contributed by atoms with Crippen molar-refractivity contribution in [1.29, 1.82) is 0 Å². The number of hydrogen-bond donors (Lipinski definition) is 1. The van der Waals surface area contributed by atoms with E-state index >= 15 is 0 Å². The fourth-order valence-corrected chi connectivity index (χ4v) is 4.73. The topological polar surface area (TPSA) is 76.1 Å². The highest BCUT2D eigenvalue weighted by Crippen LogP contribution is 2.41. The maximum atomic E-state index is 12.2. The van der Waals surface area contributed by atoms with Gasteiger partial charge in [-0.15, -0.1) is 11.8 Å². The normalized spacial score (nSPS) is 19.0. The molecule has 1 heterocycles. The van der Waals surface area contributed by atoms with Crippen LogP contribution in [0.4, 0.5) is 0 Å². The van der Waals surface area contributed by atoms with Gasteiger partial charge in [0.05, 0.1) is 24.5 Å². The standard InChI is InChI=1S/C13H24NO5PS/c1-3-18-20(19-4-2)10-21-9-12(15)14-8-6-5-7-11(14)13(16)17/h11H,3-10H2,1-2H3,(H,16,17). The van der Waals surface area contributed by atoms with Crippen LogP contribution in [0.15, 0.2) is 0 Å². The van der Waals surface area contributed by atoms with Crippen molar-refractivity contribution in [3.05, 3.63) is 0 Å². The largest absolute Gasteiger partial charge is 0.480 e. The van der Waals surface area contributed by atoms with Crippen LogP contribution in [0, 0.1) is 0 Å². The molecule has 0 spiro atoms. The Labute approximate surface area is 131 Å². The van der Waals surface area contributed by atoms with Crippen molar-refractivity contribution in [3.8, 4) is 0 Å². The molecule has 0 aromatic heterocycles. The lowest BCUT2D eigenvalue weighted by Gasteiger charge is -2.33. The third kappa shape index (κ3) is 6.51. The zero-order chi connectivity index (χ0) is 15.7. The first-order valence-corrected chi connectivity index (χ1v) is 9.75. The van der Waals surface area contributed by atoms with Crippen LogP contribution in [-0.4, -0.2) is 58.9 Å². The number of carboxylic acid groups (broad SMARTS) is 1. The Morgan fingerprint density at radius 1 is 1.29 bits per heavy atom. The molecule has 122 valence electrons. The predicted octanol–water partition coefficient (Wildman–Crippen LogP) is 2.53. The van der Waals surface area contributed by atoms with Crippen LogP contribution < -0.4 is 0 Å². The first kappa shape index (κ1) is 18.7. The van der Waals surface area contributed by atoms with Gasteiger partial charge in [-0.3, -0.25) is 4.79 Å². The molecule has 1 aliphatic rings. The van der Waals surface area contributed by atoms with Crippen molar-refractivity contribution in [2.24, 2.45) is 0 Å². The fraction of sp³-hybridized carbons (Fsp3) is 0.846. The van der Waals surface area contributed by atoms with Crippen molar-refractivity contribution in [2.45, 2.75) is 39.2 Å². The number of carbonyl (C=O) groups is 2. The molecule has 0 aliphatic carbocycles. The number of amides is 1. The molecule has 1 saturated heterocycles. The van der Waals surface area contributed by atoms with Gasteiger partial charge < -0.3 is 19.1 Å². The molecule has 0 radical (unpaired) electrons. The van der Waals surface area contributed by atoms with E-state index in [1.54, 1.807) is 0 Å². The van der Waals surface area contributed by atoms with Crippen LogP contribution in [0.1, 0.15) is 33.1 Å². The molecule has 1 fully saturated rings. The van der Waals surface area contributed by atoms with Gasteiger partial charge in [0.1, 0.15) is 6.04 Å². The SMILES string of the molecule is CCOP(CSCC(=O)N1CCCCC1C(=O)O)OCC. The van der Waals surface area contributed by atoms with Gasteiger partial charge in [0.25, 0.3) is 0 Å². The predicted molar refractivity (Wildman–Crippen MR) is 84.5 cm³/mol. The molecule has 1 rings (SSSR count). The number of carbonyl (C=O) groups excluding carboxylic acids is 1. The van der Waals surface area contributed by atoms with Gasteiger partial charge in [-0.25, -0.2) is 4.79 Å². The zero-order valence-electron chi connectivity index (χ0n) is 12.6. The van der Waals surface area contributed by atoms with Gasteiger partial charge in [0, 0.05) is 6.54 Å². The fourth-order valence-electron chi connectivity index (χ4n) is 2.18. The Balaban J connectivity index is 2.39. The van der Waals surface area contributed by atoms with Crippen molar-refractivity contribution >= 4 is 32.0 Å². The average Bonchev–Trinajstić information content (AvgIpc) is 2.47. The Kier molecular flexibility index (Phi) is 9.24. The number of rotatable bonds is 9. The van der Waals surface area contributed by atoms with Crippen LogP contribution in [0.25, 0.3) is 0 Å². The quantitative estimate of drug-likeness (QED) is 0.652. The van der Waals surface area contributed by atoms with Crippen LogP contribution in [0.5, 0.6) is 0 Å². The Hall–Kier alpha value is -0.360. The second-order valence-electron chi connectivity index (χ2n) is 4.58. The van der Waals surface area contributed by atoms with E-state index in [2.05, 4.69) is 0 Å². The number of piperidine rings is 1. The molecular formula is C13H24NO5PS. The number of likely N-dealkylation sites (tertiary alicyclic amines) is 1. The third-order valence-corrected chi connectivity index (χ3v) is 6.19. The van der Waals surface area contributed by atoms with Gasteiger partial charge in [-0.05, 0) is 33.1 Å². The highest BCUT2D eigenvalue weighted by Gasteiger charge is 2.31. The summed E-state index contributed by atoms with van der Waals surface area (Å²) in [4.78, 5) is 24.9. The van der Waals surface area contributed by atoms with Crippen LogP contribution >= 0.6 is 20.1 Å². The van der Waals surface area contributed by atoms with Gasteiger partial charge in [-0.1, -0.05) is 0 Å². The first-order chi connectivity index (χ1) is 10.1. The summed E-state index contributed by atoms with van der Waals surface area (Å²) < 4.78 is 10.9. The van der Waals surface area contributed by atoms with Gasteiger partial charge in [0.2, 0.25) is 5.91 Å². The lowest BCUT2D eigenvalue weighted by atomic mass is 10.0. The summed E-state index contributed by atoms with van der Waals surface area (Å²) in [6, 6.07) is -0.660. The highest BCUT2D eigenvalue weighted by molar-refractivity contribution is 8.04. The molecule has 21 heavy (non-hydrogen) atoms. The molecule has 0 bridgehead atoms. The summed E-state index contributed by atoms with van der Waals surface area (Å²) in [6.07, 6.45) is 2.30. The van der Waals surface area contributed by atoms with Crippen molar-refractivity contribution < 1.29 is 23.7 Å². The lowest BCUT2D eigenvalue weighted by molar-refractivity contribution is -0.150. The van der Waals surface area contributed by atoms with E-state index < -0.39 is 20.4 Å². The van der Waals surface area contributed by atoms with E-state index in [-0.39, 0.29) is 11.7 Å². The summed E-state index contributed by atoms with van der Waals surface area (Å²) in [5.41, 5.74) is 0.633. The van der Waals surface area contributed by atoms with Crippen LogP contribution in [0.2, 0.25) is 0 Å². The number of hydrogen-bond acceptors (Lipinski definition) is 5. The monoisotopic (exact) mass is 337 g/mol. The summed E-state index contributed by atoms with van der Waals surface area (Å²) >= 11 is 1.45. The molecule has 8 heteroatoms. The molecule has 1 amide bonds. The smallest absolute Gasteiger partial charge is 0.326 e. The Morgan fingerprint density at radius 3 is 2.52 bits per heavy atom. The minimum Gasteiger partial charge on any atom is -0.480 e. The average molecular weight is 337 g/mol. The van der Waals surface area contributed by atoms with E-state index in [1.165, 1.54) is 16.7 Å². The minimum absolute atomic E-state index is 0.102. The lowest BCUT2D eigenvalue weighted by Crippen LogP contribution is -2.48. The van der Waals surface area contributed by atoms with E-state index in [0.29, 0.717) is 31.7 Å². The molecule has 0 aromatic rings. The maximum Gasteiger partial charge on any atom is 0.326 e. The van der Waals surface area contributed by atoms with E-state index in [4.69, 9.17) is 9.05 Å². The number of aliphatic carboxylic acids is 1. The molecule has 1 atom stereocenters. The summed E-state index contributed by atoms with van der Waals surface area (Å²) in [6.45, 7) is 5.55. The summed E-state index contributed by atoms with van der Waals surface area (Å²) in [5, 5.41) is 9.17. The van der Waals surface area contributed by atoms with Crippen LogP contribution in [0.3, 0.4) is 0 Å². The Bertz CT molecular complexity index is 339. The van der Waals surface area contributed by atoms with E-state index in [9.17, 15) is 14.7 Å². The molecular weight excluding hydrogens is 313 g/mol. The van der Waals surface area contributed by atoms with Crippen molar-refractivity contribution in [1.82, 2.24) is 4.90 Å². The second kappa shape index (κ2) is 10.4. The first-order valence-electron chi connectivity index (χ1n) is 7.23. The molecule has 1 N–H and O–H groups in total. The Morgan fingerprint density at radius 2 is 1.95 bits per heavy atom. The number of thioether (sulfide) groups is 1. The van der Waals surface area contributed by atoms with Gasteiger partial charge in [-0.2, -0.15) is 0 Å². The molecule has 1 unspecified atom stereocenters. The molecule has 0 aromatic carbocycles. The maximum absolute atomic E-state index is 12.2. The van der Waals surface area contributed by atoms with Crippen molar-refractivity contribution in [2.75, 3.05) is 31.0 Å². The molecule has 1 aliphatic heterocycles. The molecule has 6 nitrogen and oxygen atoms in total. The number of nitrogens with zero attached hydrogens (tertiary/aromatic N) is 1. The summed E-state index contributed by atoms with van der Waals surface area (Å²) in [7, 11) is -0.957. The number of carboxylic acids is 1. The minimum atomic E-state index is -0.957. The third-order valence-electron chi connectivity index (χ3n) is 3.08. The molecule has 0 saturated carbocycles. The van der Waals surface area contributed by atoms with Gasteiger partial charge >= 0.3 is 5.97 Å². The summed E-state index contributed by atoms with van der Waals surface area (Å²) in [5.74, 6) is -0.725. The highest BCUT2D eigenvalue weighted by atomic mass is 32.2. The zero-order valence-corrected chi connectivity index (χ0v) is 14.3. The van der Waals surface area contributed by atoms with E-state index in [0.717, 1.165) is 12.8 Å². The van der Waals surface area contributed by atoms with E-state index in [1.807, 2.05) is 13.8 Å². The second-order valence-corrected chi connectivity index (χ2v) is 7.49. The van der Waals surface area contributed by atoms with Gasteiger partial charge in [0.15, 0.2) is 8.38 Å². The van der Waals surface area contributed by atoms with Crippen molar-refractivity contribution in [3.63, 3.8) is 0 Å². The van der Waals surface area contributed by atoms with Crippen LogP contribution in [-0.2, 0) is 18.6 Å².